The Morgan fingerprint density at radius 1 is 1.20 bits per heavy atom. The monoisotopic (exact) mass is 404 g/mol. The Kier molecular flexibility index (Phi) is 5.08. The van der Waals surface area contributed by atoms with E-state index in [4.69, 9.17) is 0 Å². The first-order valence-electron chi connectivity index (χ1n) is 9.04. The van der Waals surface area contributed by atoms with Crippen molar-refractivity contribution in [2.45, 2.75) is 6.42 Å². The highest BCUT2D eigenvalue weighted by atomic mass is 19.2. The number of carbonyl (C=O) groups is 2. The van der Waals surface area contributed by atoms with Crippen molar-refractivity contribution in [3.05, 3.63) is 72.9 Å². The fraction of sp³-hybridized carbons (Fsp3) is 0.0476. The van der Waals surface area contributed by atoms with Crippen LogP contribution in [0.25, 0.3) is 0 Å². The molecule has 0 spiro atoms. The summed E-state index contributed by atoms with van der Waals surface area (Å²) in [5.41, 5.74) is 2.93. The molecule has 2 heterocycles. The summed E-state index contributed by atoms with van der Waals surface area (Å²) in [5, 5.41) is 8.75. The molecule has 0 radical (unpaired) electrons. The molecule has 3 aromatic rings. The number of aromatic nitrogens is 2. The van der Waals surface area contributed by atoms with Crippen molar-refractivity contribution in [2.24, 2.45) is 0 Å². The van der Waals surface area contributed by atoms with Gasteiger partial charge in [-0.05, 0) is 48.0 Å². The van der Waals surface area contributed by atoms with Crippen LogP contribution >= 0.6 is 0 Å². The molecule has 1 aliphatic heterocycles. The maximum atomic E-state index is 14.9. The third kappa shape index (κ3) is 4.09. The Labute approximate surface area is 171 Å². The number of rotatable bonds is 6. The van der Waals surface area contributed by atoms with E-state index >= 15 is 0 Å². The van der Waals surface area contributed by atoms with Crippen LogP contribution in [0.5, 0.6) is 0 Å². The van der Waals surface area contributed by atoms with E-state index in [2.05, 4.69) is 32.5 Å². The molecular formula is C21H17FN6O2. The minimum Gasteiger partial charge on any atom is -0.326 e. The molecule has 150 valence electrons. The Hall–Kier alpha value is -4.27. The van der Waals surface area contributed by atoms with Gasteiger partial charge in [0.2, 0.25) is 17.8 Å². The van der Waals surface area contributed by atoms with Gasteiger partial charge >= 0.3 is 0 Å². The predicted molar refractivity (Wildman–Crippen MR) is 113 cm³/mol. The van der Waals surface area contributed by atoms with E-state index in [0.717, 1.165) is 17.3 Å². The van der Waals surface area contributed by atoms with Crippen LogP contribution in [0.2, 0.25) is 0 Å². The number of amides is 2. The molecule has 8 nitrogen and oxygen atoms in total. The van der Waals surface area contributed by atoms with Gasteiger partial charge in [0.15, 0.2) is 5.82 Å². The van der Waals surface area contributed by atoms with Crippen LogP contribution in [0.4, 0.5) is 39.0 Å². The summed E-state index contributed by atoms with van der Waals surface area (Å²) in [5.74, 6) is -0.237. The van der Waals surface area contributed by atoms with Crippen LogP contribution in [-0.2, 0) is 16.0 Å². The number of nitrogens with one attached hydrogen (secondary N) is 3. The largest absolute Gasteiger partial charge is 0.326 e. The normalized spacial score (nSPS) is 12.0. The fourth-order valence-corrected chi connectivity index (χ4v) is 2.99. The molecule has 0 saturated heterocycles. The Bertz CT molecular complexity index is 1150. The minimum atomic E-state index is -0.391. The molecule has 0 saturated carbocycles. The number of benzene rings is 2. The molecule has 9 heteroatoms. The molecule has 2 aromatic carbocycles. The molecule has 0 atom stereocenters. The van der Waals surface area contributed by atoms with Crippen LogP contribution in [-0.4, -0.2) is 21.8 Å². The lowest BCUT2D eigenvalue weighted by atomic mass is 10.1. The number of nitrogens with zero attached hydrogens (tertiary/aromatic N) is 3. The standard InChI is InChI=1S/C21H17FN6O2/c1-2-19(29)24-14-4-3-5-16(12-14)28(22)18-8-9-23-21(27-18)25-15-6-7-17-13(10-15)11-20(30)26-17/h2-10,12H,1,11H2,(H,24,29)(H,26,30)(H,23,25,27). The molecular weight excluding hydrogens is 387 g/mol. The van der Waals surface area contributed by atoms with E-state index in [0.29, 0.717) is 22.9 Å². The molecule has 0 unspecified atom stereocenters. The Balaban J connectivity index is 1.53. The van der Waals surface area contributed by atoms with Crippen molar-refractivity contribution in [3.8, 4) is 0 Å². The molecule has 1 aromatic heterocycles. The highest BCUT2D eigenvalue weighted by molar-refractivity contribution is 6.00. The van der Waals surface area contributed by atoms with Gasteiger partial charge < -0.3 is 16.0 Å². The lowest BCUT2D eigenvalue weighted by molar-refractivity contribution is -0.115. The van der Waals surface area contributed by atoms with Gasteiger partial charge in [0.05, 0.1) is 12.1 Å². The first kappa shape index (κ1) is 19.1. The zero-order valence-electron chi connectivity index (χ0n) is 15.7. The quantitative estimate of drug-likeness (QED) is 0.426. The van der Waals surface area contributed by atoms with E-state index in [1.807, 2.05) is 6.07 Å². The zero-order chi connectivity index (χ0) is 21.1. The van der Waals surface area contributed by atoms with Gasteiger partial charge in [-0.15, -0.1) is 0 Å². The molecule has 0 aliphatic carbocycles. The van der Waals surface area contributed by atoms with Crippen LogP contribution in [0.1, 0.15) is 5.56 Å². The van der Waals surface area contributed by atoms with Crippen molar-refractivity contribution in [2.75, 3.05) is 21.1 Å². The molecule has 30 heavy (non-hydrogen) atoms. The zero-order valence-corrected chi connectivity index (χ0v) is 15.7. The van der Waals surface area contributed by atoms with Crippen molar-refractivity contribution in [1.82, 2.24) is 9.97 Å². The van der Waals surface area contributed by atoms with Gasteiger partial charge in [-0.1, -0.05) is 17.1 Å². The predicted octanol–water partition coefficient (Wildman–Crippen LogP) is 3.86. The second-order valence-corrected chi connectivity index (χ2v) is 6.48. The molecule has 0 bridgehead atoms. The lowest BCUT2D eigenvalue weighted by Crippen LogP contribution is -2.10. The number of hydrogen-bond donors (Lipinski definition) is 3. The molecule has 2 amide bonds. The van der Waals surface area contributed by atoms with Crippen LogP contribution in [0, 0.1) is 0 Å². The number of anilines is 6. The molecule has 1 aliphatic rings. The summed E-state index contributed by atoms with van der Waals surface area (Å²) in [6.45, 7) is 3.39. The third-order valence-electron chi connectivity index (χ3n) is 4.35. The maximum absolute atomic E-state index is 14.9. The Morgan fingerprint density at radius 3 is 2.90 bits per heavy atom. The van der Waals surface area contributed by atoms with E-state index in [1.54, 1.807) is 30.3 Å². The average molecular weight is 404 g/mol. The van der Waals surface area contributed by atoms with Gasteiger partial charge in [-0.2, -0.15) is 10.1 Å². The highest BCUT2D eigenvalue weighted by Gasteiger charge is 2.18. The molecule has 4 rings (SSSR count). The second kappa shape index (κ2) is 8.00. The van der Waals surface area contributed by atoms with Crippen molar-refractivity contribution < 1.29 is 14.1 Å². The van der Waals surface area contributed by atoms with Gasteiger partial charge in [0.1, 0.15) is 0 Å². The lowest BCUT2D eigenvalue weighted by Gasteiger charge is -2.15. The van der Waals surface area contributed by atoms with Crippen molar-refractivity contribution >= 4 is 46.3 Å². The van der Waals surface area contributed by atoms with Gasteiger partial charge in [0.25, 0.3) is 0 Å². The summed E-state index contributed by atoms with van der Waals surface area (Å²) in [4.78, 5) is 31.3. The Morgan fingerprint density at radius 2 is 2.07 bits per heavy atom. The van der Waals surface area contributed by atoms with E-state index < -0.39 is 5.91 Å². The number of halogens is 1. The topological polar surface area (TPSA) is 99.3 Å². The molecule has 3 N–H and O–H groups in total. The SMILES string of the molecule is C=CC(=O)Nc1cccc(N(F)c2ccnc(Nc3ccc4c(c3)CC(=O)N4)n2)c1. The van der Waals surface area contributed by atoms with E-state index in [9.17, 15) is 14.1 Å². The summed E-state index contributed by atoms with van der Waals surface area (Å²) in [7, 11) is 0. The van der Waals surface area contributed by atoms with Crippen LogP contribution < -0.4 is 21.1 Å². The number of fused-ring (bicyclic) bond motifs is 1. The van der Waals surface area contributed by atoms with Crippen LogP contribution in [0.15, 0.2) is 67.4 Å². The van der Waals surface area contributed by atoms with Crippen molar-refractivity contribution in [1.29, 1.82) is 0 Å². The van der Waals surface area contributed by atoms with E-state index in [-0.39, 0.29) is 23.4 Å². The highest BCUT2D eigenvalue weighted by Crippen LogP contribution is 2.29. The smallest absolute Gasteiger partial charge is 0.247 e. The van der Waals surface area contributed by atoms with Gasteiger partial charge in [-0.3, -0.25) is 9.59 Å². The summed E-state index contributed by atoms with van der Waals surface area (Å²) >= 11 is 0. The maximum Gasteiger partial charge on any atom is 0.247 e. The minimum absolute atomic E-state index is 0.0118. The summed E-state index contributed by atoms with van der Waals surface area (Å²) in [6, 6.07) is 13.1. The number of hydrogen-bond acceptors (Lipinski definition) is 6. The summed E-state index contributed by atoms with van der Waals surface area (Å²) < 4.78 is 14.9. The second-order valence-electron chi connectivity index (χ2n) is 6.48. The first-order chi connectivity index (χ1) is 14.5. The third-order valence-corrected chi connectivity index (χ3v) is 4.35. The number of carbonyl (C=O) groups excluding carboxylic acids is 2. The fourth-order valence-electron chi connectivity index (χ4n) is 2.99. The van der Waals surface area contributed by atoms with Gasteiger partial charge in [-0.25, -0.2) is 4.98 Å². The van der Waals surface area contributed by atoms with E-state index in [1.165, 1.54) is 18.3 Å². The molecule has 0 fully saturated rings. The first-order valence-corrected chi connectivity index (χ1v) is 9.04. The van der Waals surface area contributed by atoms with Crippen LogP contribution in [0.3, 0.4) is 0 Å². The van der Waals surface area contributed by atoms with Crippen molar-refractivity contribution in [3.63, 3.8) is 0 Å². The summed E-state index contributed by atoms with van der Waals surface area (Å²) in [6.07, 6.45) is 2.87. The van der Waals surface area contributed by atoms with Gasteiger partial charge in [0, 0.05) is 29.3 Å². The average Bonchev–Trinajstić information content (AvgIpc) is 3.12.